The van der Waals surface area contributed by atoms with Crippen LogP contribution in [0.1, 0.15) is 5.56 Å². The van der Waals surface area contributed by atoms with E-state index in [4.69, 9.17) is 4.74 Å². The van der Waals surface area contributed by atoms with Crippen LogP contribution in [-0.4, -0.2) is 11.6 Å². The zero-order valence-corrected chi connectivity index (χ0v) is 7.60. The van der Waals surface area contributed by atoms with Gasteiger partial charge in [-0.3, -0.25) is 4.98 Å². The van der Waals surface area contributed by atoms with Crippen molar-refractivity contribution in [3.8, 4) is 5.75 Å². The van der Waals surface area contributed by atoms with Crippen molar-refractivity contribution in [3.63, 3.8) is 0 Å². The average Bonchev–Trinajstić information content (AvgIpc) is 2.29. The van der Waals surface area contributed by atoms with Gasteiger partial charge in [0, 0.05) is 17.1 Å². The van der Waals surface area contributed by atoms with Gasteiger partial charge in [0.05, 0.1) is 0 Å². The second-order valence-corrected chi connectivity index (χ2v) is 3.27. The average molecular weight is 183 g/mol. The van der Waals surface area contributed by atoms with Gasteiger partial charge in [-0.1, -0.05) is 24.3 Å². The molecule has 68 valence electrons. The van der Waals surface area contributed by atoms with E-state index in [0.717, 1.165) is 22.2 Å². The minimum atomic E-state index is 0.642. The number of rotatable bonds is 0. The molecular formula is C12H9NO. The van der Waals surface area contributed by atoms with Gasteiger partial charge in [-0.15, -0.1) is 0 Å². The highest BCUT2D eigenvalue weighted by molar-refractivity contribution is 5.88. The Morgan fingerprint density at radius 1 is 1.21 bits per heavy atom. The minimum absolute atomic E-state index is 0.642. The molecule has 0 saturated heterocycles. The van der Waals surface area contributed by atoms with Crippen LogP contribution in [0, 0.1) is 0 Å². The van der Waals surface area contributed by atoms with E-state index in [1.54, 1.807) is 6.20 Å². The van der Waals surface area contributed by atoms with Crippen LogP contribution in [0.5, 0.6) is 5.75 Å². The molecule has 1 aliphatic rings. The van der Waals surface area contributed by atoms with Crippen LogP contribution in [0.4, 0.5) is 0 Å². The molecule has 0 radical (unpaired) electrons. The van der Waals surface area contributed by atoms with Crippen LogP contribution in [0.2, 0.25) is 0 Å². The summed E-state index contributed by atoms with van der Waals surface area (Å²) in [5, 5.41) is 1.13. The third-order valence-corrected chi connectivity index (χ3v) is 2.38. The molecule has 1 aromatic heterocycles. The molecule has 1 aliphatic heterocycles. The first-order valence-corrected chi connectivity index (χ1v) is 4.62. The molecule has 0 fully saturated rings. The number of ether oxygens (including phenoxy) is 1. The zero-order valence-electron chi connectivity index (χ0n) is 7.60. The number of hydrogen-bond acceptors (Lipinski definition) is 2. The lowest BCUT2D eigenvalue weighted by Crippen LogP contribution is -2.01. The van der Waals surface area contributed by atoms with E-state index >= 15 is 0 Å². The quantitative estimate of drug-likeness (QED) is 0.626. The van der Waals surface area contributed by atoms with E-state index in [1.807, 2.05) is 18.2 Å². The van der Waals surface area contributed by atoms with Gasteiger partial charge in [-0.25, -0.2) is 0 Å². The molecule has 2 nitrogen and oxygen atoms in total. The van der Waals surface area contributed by atoms with Crippen LogP contribution in [0.3, 0.4) is 0 Å². The van der Waals surface area contributed by atoms with E-state index in [0.29, 0.717) is 6.61 Å². The van der Waals surface area contributed by atoms with Crippen molar-refractivity contribution in [2.24, 2.45) is 0 Å². The number of hydrogen-bond donors (Lipinski definition) is 0. The van der Waals surface area contributed by atoms with Crippen molar-refractivity contribution in [1.82, 2.24) is 4.98 Å². The van der Waals surface area contributed by atoms with Gasteiger partial charge in [-0.2, -0.15) is 0 Å². The minimum Gasteiger partial charge on any atom is -0.487 e. The van der Waals surface area contributed by atoms with Crippen molar-refractivity contribution in [2.45, 2.75) is 0 Å². The van der Waals surface area contributed by atoms with Gasteiger partial charge in [-0.05, 0) is 12.1 Å². The van der Waals surface area contributed by atoms with Gasteiger partial charge < -0.3 is 4.74 Å². The molecule has 0 aliphatic carbocycles. The lowest BCUT2D eigenvalue weighted by Gasteiger charge is -2.13. The van der Waals surface area contributed by atoms with Crippen LogP contribution >= 0.6 is 0 Å². The molecule has 0 atom stereocenters. The van der Waals surface area contributed by atoms with E-state index < -0.39 is 0 Å². The first-order valence-electron chi connectivity index (χ1n) is 4.62. The standard InChI is InChI=1S/C12H9NO/c1-3-9-5-6-10-4-2-8-14-12(10)11(9)13-7-1/h1-7H,8H2. The summed E-state index contributed by atoms with van der Waals surface area (Å²) in [6.07, 6.45) is 5.88. The Hall–Kier alpha value is -1.83. The molecule has 0 spiro atoms. The number of fused-ring (bicyclic) bond motifs is 3. The molecule has 2 heterocycles. The first kappa shape index (κ1) is 7.56. The summed E-state index contributed by atoms with van der Waals surface area (Å²) in [7, 11) is 0. The topological polar surface area (TPSA) is 22.1 Å². The first-order chi connectivity index (χ1) is 6.95. The molecule has 1 aromatic carbocycles. The van der Waals surface area contributed by atoms with Crippen molar-refractivity contribution in [1.29, 1.82) is 0 Å². The van der Waals surface area contributed by atoms with Crippen LogP contribution in [-0.2, 0) is 0 Å². The Bertz CT molecular complexity index is 517. The van der Waals surface area contributed by atoms with E-state index in [9.17, 15) is 0 Å². The predicted molar refractivity (Wildman–Crippen MR) is 56.3 cm³/mol. The Morgan fingerprint density at radius 3 is 3.21 bits per heavy atom. The fourth-order valence-corrected chi connectivity index (χ4v) is 1.72. The zero-order chi connectivity index (χ0) is 9.38. The molecule has 0 N–H and O–H groups in total. The number of pyridine rings is 1. The fourth-order valence-electron chi connectivity index (χ4n) is 1.72. The highest BCUT2D eigenvalue weighted by Gasteiger charge is 2.09. The van der Waals surface area contributed by atoms with Gasteiger partial charge in [0.2, 0.25) is 0 Å². The lowest BCUT2D eigenvalue weighted by atomic mass is 10.1. The summed E-state index contributed by atoms with van der Waals surface area (Å²) < 4.78 is 5.59. The summed E-state index contributed by atoms with van der Waals surface area (Å²) in [6, 6.07) is 8.12. The van der Waals surface area contributed by atoms with Crippen LogP contribution in [0.15, 0.2) is 36.5 Å². The Labute approximate surface area is 81.8 Å². The van der Waals surface area contributed by atoms with E-state index in [1.165, 1.54) is 0 Å². The number of aromatic nitrogens is 1. The molecule has 2 aromatic rings. The molecule has 0 bridgehead atoms. The summed E-state index contributed by atoms with van der Waals surface area (Å²) in [5.41, 5.74) is 2.07. The second-order valence-electron chi connectivity index (χ2n) is 3.27. The van der Waals surface area contributed by atoms with Gasteiger partial charge >= 0.3 is 0 Å². The highest BCUT2D eigenvalue weighted by Crippen LogP contribution is 2.30. The molecule has 14 heavy (non-hydrogen) atoms. The van der Waals surface area contributed by atoms with Crippen molar-refractivity contribution in [3.05, 3.63) is 42.1 Å². The third-order valence-electron chi connectivity index (χ3n) is 2.38. The molecule has 0 saturated carbocycles. The molecule has 3 rings (SSSR count). The fraction of sp³-hybridized carbons (Fsp3) is 0.0833. The third kappa shape index (κ3) is 1.01. The largest absolute Gasteiger partial charge is 0.487 e. The maximum atomic E-state index is 5.59. The van der Waals surface area contributed by atoms with Crippen LogP contribution < -0.4 is 4.74 Å². The van der Waals surface area contributed by atoms with Crippen LogP contribution in [0.25, 0.3) is 17.0 Å². The van der Waals surface area contributed by atoms with Crippen molar-refractivity contribution >= 4 is 17.0 Å². The summed E-state index contributed by atoms with van der Waals surface area (Å²) in [6.45, 7) is 0.642. The lowest BCUT2D eigenvalue weighted by molar-refractivity contribution is 0.362. The van der Waals surface area contributed by atoms with Crippen molar-refractivity contribution in [2.75, 3.05) is 6.61 Å². The Balaban J connectivity index is 2.41. The molecule has 0 amide bonds. The maximum absolute atomic E-state index is 5.59. The summed E-state index contributed by atoms with van der Waals surface area (Å²) >= 11 is 0. The maximum Gasteiger partial charge on any atom is 0.153 e. The second kappa shape index (κ2) is 2.84. The molecular weight excluding hydrogens is 174 g/mol. The van der Waals surface area contributed by atoms with Crippen molar-refractivity contribution < 1.29 is 4.74 Å². The van der Waals surface area contributed by atoms with Gasteiger partial charge in [0.15, 0.2) is 5.75 Å². The summed E-state index contributed by atoms with van der Waals surface area (Å²) in [5.74, 6) is 0.908. The molecule has 2 heteroatoms. The Kier molecular flexibility index (Phi) is 1.53. The van der Waals surface area contributed by atoms with E-state index in [-0.39, 0.29) is 0 Å². The van der Waals surface area contributed by atoms with Gasteiger partial charge in [0.1, 0.15) is 12.1 Å². The molecule has 0 unspecified atom stereocenters. The SMILES string of the molecule is C1=Cc2ccc3cccnc3c2OC1. The Morgan fingerprint density at radius 2 is 2.21 bits per heavy atom. The smallest absolute Gasteiger partial charge is 0.153 e. The van der Waals surface area contributed by atoms with Gasteiger partial charge in [0.25, 0.3) is 0 Å². The predicted octanol–water partition coefficient (Wildman–Crippen LogP) is 2.64. The number of benzene rings is 1. The highest BCUT2D eigenvalue weighted by atomic mass is 16.5. The number of nitrogens with zero attached hydrogens (tertiary/aromatic N) is 1. The normalized spacial score (nSPS) is 13.7. The summed E-state index contributed by atoms with van der Waals surface area (Å²) in [4.78, 5) is 4.34. The van der Waals surface area contributed by atoms with E-state index in [2.05, 4.69) is 23.2 Å². The monoisotopic (exact) mass is 183 g/mol.